The lowest BCUT2D eigenvalue weighted by molar-refractivity contribution is -0.143. The molecule has 3 saturated carbocycles. The maximum absolute atomic E-state index is 14.0. The molecule has 1 aliphatic heterocycles. The summed E-state index contributed by atoms with van der Waals surface area (Å²) in [6.07, 6.45) is 5.34. The quantitative estimate of drug-likeness (QED) is 0.224. The highest BCUT2D eigenvalue weighted by molar-refractivity contribution is 9.10. The van der Waals surface area contributed by atoms with Crippen molar-refractivity contribution in [3.05, 3.63) is 60.2 Å². The smallest absolute Gasteiger partial charge is 0.246 e. The summed E-state index contributed by atoms with van der Waals surface area (Å²) in [5.74, 6) is -2.49. The van der Waals surface area contributed by atoms with E-state index in [0.717, 1.165) is 21.3 Å². The third-order valence-electron chi connectivity index (χ3n) is 9.44. The van der Waals surface area contributed by atoms with Gasteiger partial charge in [-0.3, -0.25) is 23.9 Å². The number of allylic oxidation sites excluding steroid dienone is 1. The van der Waals surface area contributed by atoms with Crippen LogP contribution in [0.2, 0.25) is 0 Å². The van der Waals surface area contributed by atoms with Crippen LogP contribution in [0.5, 0.6) is 5.88 Å². The summed E-state index contributed by atoms with van der Waals surface area (Å²) in [5, 5.41) is 6.53. The molecule has 0 radical (unpaired) electrons. The SMILES string of the molecule is C=CC(=O)N[C@H](C)C(=O)N1C[C@H](Oc2nccc3ccc(Br)cc23)C2CC21C(=O)NC[C@]1(C(=O)NS(=O)(=O)C2CC2)C[C@H]1C=C. The van der Waals surface area contributed by atoms with Gasteiger partial charge >= 0.3 is 0 Å². The van der Waals surface area contributed by atoms with Crippen LogP contribution in [0.4, 0.5) is 0 Å². The molecule has 6 atom stereocenters. The maximum atomic E-state index is 14.0. The van der Waals surface area contributed by atoms with E-state index in [1.165, 1.54) is 11.8 Å². The number of benzene rings is 1. The van der Waals surface area contributed by atoms with Crippen LogP contribution in [-0.4, -0.2) is 78.0 Å². The Morgan fingerprint density at radius 1 is 1.18 bits per heavy atom. The van der Waals surface area contributed by atoms with Crippen LogP contribution in [-0.2, 0) is 29.2 Å². The van der Waals surface area contributed by atoms with Gasteiger partial charge in [-0.1, -0.05) is 34.7 Å². The van der Waals surface area contributed by atoms with Crippen LogP contribution in [0.3, 0.4) is 0 Å². The van der Waals surface area contributed by atoms with Crippen LogP contribution >= 0.6 is 15.9 Å². The summed E-state index contributed by atoms with van der Waals surface area (Å²) in [7, 11) is -3.78. The van der Waals surface area contributed by atoms with Crippen molar-refractivity contribution in [1.82, 2.24) is 25.2 Å². The van der Waals surface area contributed by atoms with E-state index in [1.54, 1.807) is 12.3 Å². The minimum Gasteiger partial charge on any atom is -0.472 e. The molecule has 12 nitrogen and oxygen atoms in total. The number of nitrogens with zero attached hydrogens (tertiary/aromatic N) is 2. The lowest BCUT2D eigenvalue weighted by atomic mass is 10.0. The molecule has 238 valence electrons. The number of sulfonamides is 1. The highest BCUT2D eigenvalue weighted by Crippen LogP contribution is 2.58. The minimum absolute atomic E-state index is 0.0673. The zero-order chi connectivity index (χ0) is 32.3. The largest absolute Gasteiger partial charge is 0.472 e. The van der Waals surface area contributed by atoms with Gasteiger partial charge in [0.15, 0.2) is 0 Å². The molecule has 1 saturated heterocycles. The van der Waals surface area contributed by atoms with E-state index >= 15 is 0 Å². The van der Waals surface area contributed by atoms with Crippen molar-refractivity contribution >= 4 is 60.4 Å². The van der Waals surface area contributed by atoms with Crippen molar-refractivity contribution < 1.29 is 32.3 Å². The summed E-state index contributed by atoms with van der Waals surface area (Å²) in [5.41, 5.74) is -2.44. The van der Waals surface area contributed by atoms with E-state index in [9.17, 15) is 27.6 Å². The second kappa shape index (κ2) is 11.2. The molecule has 4 aliphatic rings. The molecule has 1 aromatic heterocycles. The molecule has 2 heterocycles. The number of nitrogens with one attached hydrogen (secondary N) is 3. The van der Waals surface area contributed by atoms with Gasteiger partial charge in [-0.2, -0.15) is 0 Å². The van der Waals surface area contributed by atoms with Crippen LogP contribution in [0, 0.1) is 17.3 Å². The molecule has 4 fully saturated rings. The van der Waals surface area contributed by atoms with Crippen molar-refractivity contribution in [1.29, 1.82) is 0 Å². The van der Waals surface area contributed by atoms with Gasteiger partial charge in [0.25, 0.3) is 0 Å². The Kier molecular flexibility index (Phi) is 7.79. The number of halogens is 1. The Balaban J connectivity index is 1.24. The van der Waals surface area contributed by atoms with Gasteiger partial charge < -0.3 is 20.3 Å². The first-order valence-electron chi connectivity index (χ1n) is 14.8. The maximum Gasteiger partial charge on any atom is 0.246 e. The summed E-state index contributed by atoms with van der Waals surface area (Å²) in [6.45, 7) is 8.67. The molecule has 2 unspecified atom stereocenters. The third kappa shape index (κ3) is 5.51. The third-order valence-corrected chi connectivity index (χ3v) is 11.8. The van der Waals surface area contributed by atoms with Crippen molar-refractivity contribution in [2.75, 3.05) is 13.1 Å². The predicted molar refractivity (Wildman–Crippen MR) is 168 cm³/mol. The van der Waals surface area contributed by atoms with Crippen LogP contribution < -0.4 is 20.1 Å². The molecule has 1 aromatic carbocycles. The topological polar surface area (TPSA) is 164 Å². The number of fused-ring (bicyclic) bond motifs is 2. The summed E-state index contributed by atoms with van der Waals surface area (Å²) in [6, 6.07) is 6.61. The van der Waals surface area contributed by atoms with E-state index in [2.05, 4.69) is 49.4 Å². The first-order chi connectivity index (χ1) is 21.4. The molecule has 2 aromatic rings. The number of hydrogen-bond acceptors (Lipinski definition) is 8. The van der Waals surface area contributed by atoms with E-state index in [1.807, 2.05) is 24.3 Å². The Morgan fingerprint density at radius 2 is 1.93 bits per heavy atom. The molecule has 45 heavy (non-hydrogen) atoms. The van der Waals surface area contributed by atoms with Crippen molar-refractivity contribution in [2.45, 2.75) is 55.5 Å². The standard InChI is InChI=1S/C31H34BrN5O7S/c1-4-19-13-30(19,28(40)36-45(42,43)21-8-9-21)16-34-29(41)31-14-23(31)24(15-37(31)27(39)17(3)35-25(38)5-2)44-26-22-12-20(32)7-6-18(22)10-11-33-26/h4-7,10-12,17,19,21,23-24H,1-2,8-9,13-16H2,3H3,(H,34,41)(H,35,38)(H,36,40)/t17-,19-,23?,24+,30-,31?/m1/s1. The van der Waals surface area contributed by atoms with Crippen molar-refractivity contribution in [3.8, 4) is 5.88 Å². The zero-order valence-corrected chi connectivity index (χ0v) is 27.0. The monoisotopic (exact) mass is 699 g/mol. The first-order valence-corrected chi connectivity index (χ1v) is 17.1. The van der Waals surface area contributed by atoms with Crippen LogP contribution in [0.1, 0.15) is 32.6 Å². The molecule has 0 bridgehead atoms. The molecule has 14 heteroatoms. The van der Waals surface area contributed by atoms with Crippen molar-refractivity contribution in [2.24, 2.45) is 17.3 Å². The number of hydrogen-bond donors (Lipinski definition) is 3. The number of pyridine rings is 1. The number of carbonyl (C=O) groups is 4. The number of ether oxygens (including phenoxy) is 1. The number of rotatable bonds is 12. The highest BCUT2D eigenvalue weighted by Gasteiger charge is 2.74. The first kappa shape index (κ1) is 31.2. The summed E-state index contributed by atoms with van der Waals surface area (Å²) in [4.78, 5) is 58.8. The molecular formula is C31H34BrN5O7S. The molecule has 3 N–H and O–H groups in total. The van der Waals surface area contributed by atoms with Gasteiger partial charge in [-0.15, -0.1) is 6.58 Å². The number of aromatic nitrogens is 1. The van der Waals surface area contributed by atoms with Gasteiger partial charge in [0.1, 0.15) is 17.7 Å². The van der Waals surface area contributed by atoms with Gasteiger partial charge in [0.2, 0.25) is 39.5 Å². The van der Waals surface area contributed by atoms with Crippen LogP contribution in [0.15, 0.2) is 60.2 Å². The van der Waals surface area contributed by atoms with Gasteiger partial charge in [0, 0.05) is 28.5 Å². The fourth-order valence-electron chi connectivity index (χ4n) is 6.48. The average Bonchev–Trinajstić information content (AvgIpc) is 3.90. The fourth-order valence-corrected chi connectivity index (χ4v) is 8.22. The number of carbonyl (C=O) groups excluding carboxylic acids is 4. The summed E-state index contributed by atoms with van der Waals surface area (Å²) >= 11 is 3.48. The van der Waals surface area contributed by atoms with E-state index in [4.69, 9.17) is 4.74 Å². The zero-order valence-electron chi connectivity index (χ0n) is 24.6. The number of piperidine rings is 1. The van der Waals surface area contributed by atoms with E-state index in [-0.39, 0.29) is 24.9 Å². The number of amides is 4. The Labute approximate surface area is 269 Å². The fraction of sp³-hybridized carbons (Fsp3) is 0.452. The van der Waals surface area contributed by atoms with Crippen LogP contribution in [0.25, 0.3) is 10.8 Å². The highest BCUT2D eigenvalue weighted by atomic mass is 79.9. The van der Waals surface area contributed by atoms with Gasteiger partial charge in [0.05, 0.1) is 17.2 Å². The average molecular weight is 701 g/mol. The van der Waals surface area contributed by atoms with E-state index < -0.39 is 62.0 Å². The Hall–Kier alpha value is -3.78. The second-order valence-electron chi connectivity index (χ2n) is 12.3. The molecule has 3 aliphatic carbocycles. The molecule has 4 amide bonds. The predicted octanol–water partition coefficient (Wildman–Crippen LogP) is 1.95. The van der Waals surface area contributed by atoms with Gasteiger partial charge in [-0.25, -0.2) is 13.4 Å². The molecular weight excluding hydrogens is 666 g/mol. The normalized spacial score (nSPS) is 28.8. The molecule has 6 rings (SSSR count). The van der Waals surface area contributed by atoms with E-state index in [0.29, 0.717) is 31.6 Å². The number of likely N-dealkylation sites (tertiary alicyclic amines) is 1. The van der Waals surface area contributed by atoms with Gasteiger partial charge in [-0.05, 0) is 68.2 Å². The summed E-state index contributed by atoms with van der Waals surface area (Å²) < 4.78 is 34.4. The second-order valence-corrected chi connectivity index (χ2v) is 15.2. The lowest BCUT2D eigenvalue weighted by Gasteiger charge is -2.31. The lowest BCUT2D eigenvalue weighted by Crippen LogP contribution is -2.56. The molecule has 0 spiro atoms. The minimum atomic E-state index is -3.78. The Bertz CT molecular complexity index is 1750. The Morgan fingerprint density at radius 3 is 2.60 bits per heavy atom. The van der Waals surface area contributed by atoms with Crippen molar-refractivity contribution in [3.63, 3.8) is 0 Å².